The number of halogens is 1. The average Bonchev–Trinajstić information content (AvgIpc) is 3.47. The van der Waals surface area contributed by atoms with E-state index >= 15 is 0 Å². The molecule has 9 nitrogen and oxygen atoms in total. The third-order valence-electron chi connectivity index (χ3n) is 6.01. The lowest BCUT2D eigenvalue weighted by Crippen LogP contribution is -2.31. The smallest absolute Gasteiger partial charge is 0.407 e. The SMILES string of the molecule is CCOC(=O)NCC1CCN(c2nc(Sc3cnc4cccnc4c3)nc3[nH]c(CC)c(Cl)c23)C1. The maximum absolute atomic E-state index is 11.7. The number of carbonyl (C=O) groups is 1. The van der Waals surface area contributed by atoms with Crippen molar-refractivity contribution >= 4 is 57.3 Å². The minimum atomic E-state index is -0.381. The minimum Gasteiger partial charge on any atom is -0.450 e. The first-order valence-corrected chi connectivity index (χ1v) is 12.9. The number of carbonyl (C=O) groups excluding carboxylic acids is 1. The van der Waals surface area contributed by atoms with Gasteiger partial charge in [-0.2, -0.15) is 0 Å². The Morgan fingerprint density at radius 1 is 1.31 bits per heavy atom. The maximum Gasteiger partial charge on any atom is 0.407 e. The molecule has 1 fully saturated rings. The molecular formula is C24H26ClN7O2S. The number of aromatic amines is 1. The van der Waals surface area contributed by atoms with Crippen LogP contribution in [-0.4, -0.2) is 57.3 Å². The number of aromatic nitrogens is 5. The molecule has 1 amide bonds. The summed E-state index contributed by atoms with van der Waals surface area (Å²) in [5.41, 5.74) is 3.33. The van der Waals surface area contributed by atoms with E-state index in [2.05, 4.69) is 32.1 Å². The number of pyridine rings is 2. The Bertz CT molecular complexity index is 1380. The second-order valence-corrected chi connectivity index (χ2v) is 9.76. The Labute approximate surface area is 212 Å². The molecule has 0 spiro atoms. The fourth-order valence-electron chi connectivity index (χ4n) is 4.29. The summed E-state index contributed by atoms with van der Waals surface area (Å²) in [6.07, 6.45) is 4.89. The minimum absolute atomic E-state index is 0.291. The van der Waals surface area contributed by atoms with E-state index in [0.29, 0.717) is 29.2 Å². The van der Waals surface area contributed by atoms with E-state index in [1.165, 1.54) is 11.8 Å². The van der Waals surface area contributed by atoms with Crippen molar-refractivity contribution in [1.82, 2.24) is 30.2 Å². The summed E-state index contributed by atoms with van der Waals surface area (Å²) in [5.74, 6) is 1.10. The summed E-state index contributed by atoms with van der Waals surface area (Å²) < 4.78 is 4.98. The number of rotatable bonds is 7. The second-order valence-electron chi connectivity index (χ2n) is 8.34. The van der Waals surface area contributed by atoms with Gasteiger partial charge in [0, 0.05) is 42.6 Å². The van der Waals surface area contributed by atoms with E-state index in [9.17, 15) is 4.79 Å². The number of amides is 1. The molecule has 1 aliphatic rings. The van der Waals surface area contributed by atoms with Crippen LogP contribution in [0.2, 0.25) is 5.02 Å². The van der Waals surface area contributed by atoms with Crippen molar-refractivity contribution < 1.29 is 9.53 Å². The Hall–Kier alpha value is -3.11. The number of nitrogens with one attached hydrogen (secondary N) is 2. The maximum atomic E-state index is 11.7. The average molecular weight is 512 g/mol. The van der Waals surface area contributed by atoms with Gasteiger partial charge in [-0.3, -0.25) is 9.97 Å². The number of hydrogen-bond acceptors (Lipinski definition) is 8. The number of aryl methyl sites for hydroxylation is 1. The molecule has 0 aromatic carbocycles. The number of ether oxygens (including phenoxy) is 1. The summed E-state index contributed by atoms with van der Waals surface area (Å²) in [6.45, 7) is 6.34. The van der Waals surface area contributed by atoms with Gasteiger partial charge >= 0.3 is 6.09 Å². The molecule has 5 heterocycles. The quantitative estimate of drug-likeness (QED) is 0.339. The van der Waals surface area contributed by atoms with Crippen LogP contribution >= 0.6 is 23.4 Å². The fraction of sp³-hybridized carbons (Fsp3) is 0.375. The number of fused-ring (bicyclic) bond motifs is 2. The Kier molecular flexibility index (Phi) is 6.92. The van der Waals surface area contributed by atoms with Crippen molar-refractivity contribution in [3.8, 4) is 0 Å². The lowest BCUT2D eigenvalue weighted by atomic mass is 10.1. The summed E-state index contributed by atoms with van der Waals surface area (Å²) in [7, 11) is 0. The Morgan fingerprint density at radius 3 is 3.03 bits per heavy atom. The van der Waals surface area contributed by atoms with Crippen molar-refractivity contribution in [3.63, 3.8) is 0 Å². The molecule has 2 N–H and O–H groups in total. The van der Waals surface area contributed by atoms with Crippen LogP contribution in [0, 0.1) is 5.92 Å². The van der Waals surface area contributed by atoms with Gasteiger partial charge in [0.15, 0.2) is 5.16 Å². The van der Waals surface area contributed by atoms with Gasteiger partial charge in [0.25, 0.3) is 0 Å². The van der Waals surface area contributed by atoms with Crippen LogP contribution in [0.15, 0.2) is 40.6 Å². The molecule has 1 saturated heterocycles. The first-order chi connectivity index (χ1) is 17.1. The predicted molar refractivity (Wildman–Crippen MR) is 137 cm³/mol. The molecule has 4 aromatic rings. The van der Waals surface area contributed by atoms with Crippen LogP contribution in [0.1, 0.15) is 26.0 Å². The first-order valence-electron chi connectivity index (χ1n) is 11.7. The van der Waals surface area contributed by atoms with Gasteiger partial charge in [0.2, 0.25) is 0 Å². The van der Waals surface area contributed by atoms with Crippen molar-refractivity contribution in [2.75, 3.05) is 31.1 Å². The summed E-state index contributed by atoms with van der Waals surface area (Å²) >= 11 is 8.20. The van der Waals surface area contributed by atoms with Crippen LogP contribution in [0.5, 0.6) is 0 Å². The monoisotopic (exact) mass is 511 g/mol. The van der Waals surface area contributed by atoms with Gasteiger partial charge in [-0.05, 0) is 55.6 Å². The summed E-state index contributed by atoms with van der Waals surface area (Å²) in [4.78, 5) is 36.8. The van der Waals surface area contributed by atoms with Gasteiger partial charge < -0.3 is 19.9 Å². The lowest BCUT2D eigenvalue weighted by molar-refractivity contribution is 0.151. The van der Waals surface area contributed by atoms with Crippen LogP contribution in [-0.2, 0) is 11.2 Å². The molecule has 0 saturated carbocycles. The number of H-pyrrole nitrogens is 1. The van der Waals surface area contributed by atoms with Crippen LogP contribution in [0.3, 0.4) is 0 Å². The number of nitrogens with zero attached hydrogens (tertiary/aromatic N) is 5. The Balaban J connectivity index is 1.44. The number of hydrogen-bond donors (Lipinski definition) is 2. The predicted octanol–water partition coefficient (Wildman–Crippen LogP) is 4.84. The topological polar surface area (TPSA) is 109 Å². The zero-order chi connectivity index (χ0) is 24.4. The molecule has 182 valence electrons. The van der Waals surface area contributed by atoms with Gasteiger partial charge in [-0.1, -0.05) is 18.5 Å². The zero-order valence-corrected chi connectivity index (χ0v) is 21.1. The number of anilines is 1. The second kappa shape index (κ2) is 10.2. The highest BCUT2D eigenvalue weighted by atomic mass is 35.5. The van der Waals surface area contributed by atoms with Crippen molar-refractivity contribution in [2.24, 2.45) is 5.92 Å². The molecule has 1 unspecified atom stereocenters. The molecule has 35 heavy (non-hydrogen) atoms. The van der Waals surface area contributed by atoms with E-state index in [4.69, 9.17) is 26.3 Å². The van der Waals surface area contributed by atoms with Gasteiger partial charge in [0.1, 0.15) is 11.5 Å². The Morgan fingerprint density at radius 2 is 2.20 bits per heavy atom. The lowest BCUT2D eigenvalue weighted by Gasteiger charge is -2.19. The van der Waals surface area contributed by atoms with E-state index in [1.807, 2.05) is 24.4 Å². The van der Waals surface area contributed by atoms with Crippen molar-refractivity contribution in [2.45, 2.75) is 36.7 Å². The molecule has 1 aliphatic heterocycles. The molecule has 0 radical (unpaired) electrons. The van der Waals surface area contributed by atoms with Crippen LogP contribution in [0.25, 0.3) is 22.1 Å². The van der Waals surface area contributed by atoms with Gasteiger partial charge in [-0.15, -0.1) is 0 Å². The van der Waals surface area contributed by atoms with E-state index < -0.39 is 0 Å². The van der Waals surface area contributed by atoms with Crippen molar-refractivity contribution in [3.05, 3.63) is 41.3 Å². The van der Waals surface area contributed by atoms with E-state index in [1.54, 1.807) is 13.1 Å². The molecule has 1 atom stereocenters. The highest BCUT2D eigenvalue weighted by molar-refractivity contribution is 7.99. The molecular weight excluding hydrogens is 486 g/mol. The molecule has 0 bridgehead atoms. The summed E-state index contributed by atoms with van der Waals surface area (Å²) in [6, 6.07) is 5.80. The molecule has 4 aromatic heterocycles. The fourth-order valence-corrected chi connectivity index (χ4v) is 5.40. The van der Waals surface area contributed by atoms with E-state index in [0.717, 1.165) is 64.4 Å². The van der Waals surface area contributed by atoms with E-state index in [-0.39, 0.29) is 6.09 Å². The van der Waals surface area contributed by atoms with Gasteiger partial charge in [0.05, 0.1) is 28.0 Å². The summed E-state index contributed by atoms with van der Waals surface area (Å²) in [5, 5.41) is 4.96. The number of alkyl carbamates (subject to hydrolysis) is 1. The third-order valence-corrected chi connectivity index (χ3v) is 7.25. The third kappa shape index (κ3) is 4.99. The normalized spacial score (nSPS) is 15.7. The largest absolute Gasteiger partial charge is 0.450 e. The standard InChI is InChI=1S/C24H26ClN7O2S/c1-3-16-20(25)19-21(29-16)30-23(35-15-10-18-17(27-12-15)6-5-8-26-18)31-22(19)32-9-7-14(13-32)11-28-24(33)34-4-2/h5-6,8,10,12,14H,3-4,7,9,11,13H2,1-2H3,(H,28,33)(H,29,30,31). The highest BCUT2D eigenvalue weighted by Gasteiger charge is 2.28. The van der Waals surface area contributed by atoms with Crippen molar-refractivity contribution in [1.29, 1.82) is 0 Å². The van der Waals surface area contributed by atoms with Crippen LogP contribution in [0.4, 0.5) is 10.6 Å². The molecule has 11 heteroatoms. The molecule has 0 aliphatic carbocycles. The highest BCUT2D eigenvalue weighted by Crippen LogP contribution is 2.38. The molecule has 5 rings (SSSR count). The van der Waals surface area contributed by atoms with Crippen LogP contribution < -0.4 is 10.2 Å². The van der Waals surface area contributed by atoms with Gasteiger partial charge in [-0.25, -0.2) is 14.8 Å². The zero-order valence-electron chi connectivity index (χ0n) is 19.5. The first kappa shape index (κ1) is 23.6.